The molecule has 0 unspecified atom stereocenters. The topological polar surface area (TPSA) is 81.2 Å². The Hall–Kier alpha value is -3.33. The van der Waals surface area contributed by atoms with Crippen LogP contribution in [0.4, 0.5) is 4.39 Å². The van der Waals surface area contributed by atoms with Crippen molar-refractivity contribution in [1.82, 2.24) is 19.4 Å². The summed E-state index contributed by atoms with van der Waals surface area (Å²) in [6, 6.07) is 6.32. The Morgan fingerprint density at radius 1 is 1.27 bits per heavy atom. The first-order chi connectivity index (χ1) is 15.9. The Balaban J connectivity index is 1.34. The van der Waals surface area contributed by atoms with Crippen molar-refractivity contribution in [3.8, 4) is 0 Å². The van der Waals surface area contributed by atoms with Gasteiger partial charge in [0.15, 0.2) is 5.89 Å². The van der Waals surface area contributed by atoms with Gasteiger partial charge < -0.3 is 13.9 Å². The molecule has 1 saturated heterocycles. The van der Waals surface area contributed by atoms with Crippen molar-refractivity contribution >= 4 is 27.5 Å². The first-order valence-corrected chi connectivity index (χ1v) is 11.7. The van der Waals surface area contributed by atoms with E-state index < -0.39 is 0 Å². The fourth-order valence-electron chi connectivity index (χ4n) is 4.32. The summed E-state index contributed by atoms with van der Waals surface area (Å²) in [4.78, 5) is 37.6. The molecule has 1 aliphatic heterocycles. The van der Waals surface area contributed by atoms with Crippen LogP contribution in [0.25, 0.3) is 10.2 Å². The third-order valence-corrected chi connectivity index (χ3v) is 7.31. The van der Waals surface area contributed by atoms with Crippen LogP contribution in [-0.4, -0.2) is 38.4 Å². The number of hydrogen-bond donors (Lipinski definition) is 0. The lowest BCUT2D eigenvalue weighted by atomic mass is 9.97. The number of likely N-dealkylation sites (tertiary alicyclic amines) is 1. The summed E-state index contributed by atoms with van der Waals surface area (Å²) in [7, 11) is 1.66. The fourth-order valence-corrected chi connectivity index (χ4v) is 5.42. The number of fused-ring (bicyclic) bond motifs is 1. The third-order valence-electron chi connectivity index (χ3n) is 6.13. The van der Waals surface area contributed by atoms with Gasteiger partial charge in [-0.05, 0) is 43.0 Å². The molecule has 0 saturated carbocycles. The number of rotatable bonds is 4. The standard InChI is InChI=1S/C24H23FN4O3S/c1-14-19-22(27-13-28(2)23(19)30)33-20(14)24(31)29-9-3-4-16(12-29)21-26-11-18(32-21)10-15-5-7-17(25)8-6-15/h5-8,11,13,16H,3-4,9-10,12H2,1-2H3/t16-/m1/s1. The molecule has 5 rings (SSSR count). The normalized spacial score (nSPS) is 16.5. The predicted octanol–water partition coefficient (Wildman–Crippen LogP) is 4.04. The molecule has 4 aromatic rings. The van der Waals surface area contributed by atoms with Crippen molar-refractivity contribution in [2.24, 2.45) is 7.05 Å². The number of amides is 1. The van der Waals surface area contributed by atoms with Crippen LogP contribution in [0.2, 0.25) is 0 Å². The van der Waals surface area contributed by atoms with E-state index >= 15 is 0 Å². The van der Waals surface area contributed by atoms with Gasteiger partial charge in [-0.25, -0.2) is 14.4 Å². The molecule has 33 heavy (non-hydrogen) atoms. The van der Waals surface area contributed by atoms with Crippen molar-refractivity contribution in [1.29, 1.82) is 0 Å². The van der Waals surface area contributed by atoms with Crippen molar-refractivity contribution in [3.63, 3.8) is 0 Å². The van der Waals surface area contributed by atoms with Crippen LogP contribution in [0.1, 0.15) is 51.2 Å². The van der Waals surface area contributed by atoms with Gasteiger partial charge in [0.05, 0.1) is 28.7 Å². The smallest absolute Gasteiger partial charge is 0.264 e. The van der Waals surface area contributed by atoms with Gasteiger partial charge in [0, 0.05) is 26.6 Å². The van der Waals surface area contributed by atoms with Crippen LogP contribution >= 0.6 is 11.3 Å². The number of oxazole rings is 1. The molecule has 1 aromatic carbocycles. The van der Waals surface area contributed by atoms with Crippen LogP contribution in [0.5, 0.6) is 0 Å². The molecule has 3 aromatic heterocycles. The Bertz CT molecular complexity index is 1390. The van der Waals surface area contributed by atoms with Crippen LogP contribution in [0.3, 0.4) is 0 Å². The first-order valence-electron chi connectivity index (χ1n) is 10.8. The van der Waals surface area contributed by atoms with E-state index in [1.54, 1.807) is 25.4 Å². The highest BCUT2D eigenvalue weighted by Crippen LogP contribution is 2.32. The lowest BCUT2D eigenvalue weighted by molar-refractivity contribution is 0.0702. The lowest BCUT2D eigenvalue weighted by Crippen LogP contribution is -2.39. The third kappa shape index (κ3) is 4.08. The number of thiophene rings is 1. The number of aryl methyl sites for hydroxylation is 2. The molecule has 9 heteroatoms. The number of aromatic nitrogens is 3. The van der Waals surface area contributed by atoms with Gasteiger partial charge >= 0.3 is 0 Å². The van der Waals surface area contributed by atoms with E-state index in [-0.39, 0.29) is 23.2 Å². The zero-order valence-electron chi connectivity index (χ0n) is 18.4. The van der Waals surface area contributed by atoms with E-state index in [1.165, 1.54) is 34.4 Å². The van der Waals surface area contributed by atoms with Crippen LogP contribution in [0, 0.1) is 12.7 Å². The van der Waals surface area contributed by atoms with E-state index in [0.29, 0.717) is 51.8 Å². The molecule has 1 amide bonds. The second-order valence-electron chi connectivity index (χ2n) is 8.46. The highest BCUT2D eigenvalue weighted by Gasteiger charge is 2.30. The fraction of sp³-hybridized carbons (Fsp3) is 0.333. The molecule has 170 valence electrons. The number of hydrogen-bond acceptors (Lipinski definition) is 6. The minimum absolute atomic E-state index is 0.00495. The van der Waals surface area contributed by atoms with Crippen LogP contribution in [0.15, 0.2) is 46.0 Å². The zero-order chi connectivity index (χ0) is 23.1. The number of halogens is 1. The van der Waals surface area contributed by atoms with Gasteiger partial charge in [0.25, 0.3) is 11.5 Å². The first kappa shape index (κ1) is 21.5. The van der Waals surface area contributed by atoms with Crippen molar-refractivity contribution in [3.05, 3.63) is 80.6 Å². The van der Waals surface area contributed by atoms with Crippen molar-refractivity contribution in [2.45, 2.75) is 32.1 Å². The highest BCUT2D eigenvalue weighted by molar-refractivity contribution is 7.20. The highest BCUT2D eigenvalue weighted by atomic mass is 32.1. The molecule has 1 aliphatic rings. The number of nitrogens with zero attached hydrogens (tertiary/aromatic N) is 4. The molecule has 7 nitrogen and oxygen atoms in total. The average molecular weight is 467 g/mol. The molecule has 4 heterocycles. The minimum Gasteiger partial charge on any atom is -0.445 e. The molecule has 0 aliphatic carbocycles. The van der Waals surface area contributed by atoms with Gasteiger partial charge in [-0.1, -0.05) is 12.1 Å². The maximum atomic E-state index is 13.4. The Morgan fingerprint density at radius 3 is 2.85 bits per heavy atom. The Labute approximate surface area is 193 Å². The van der Waals surface area contributed by atoms with Crippen molar-refractivity contribution in [2.75, 3.05) is 13.1 Å². The average Bonchev–Trinajstić information content (AvgIpc) is 3.42. The molecule has 0 radical (unpaired) electrons. The lowest BCUT2D eigenvalue weighted by Gasteiger charge is -2.31. The second-order valence-corrected chi connectivity index (χ2v) is 9.45. The molecule has 0 N–H and O–H groups in total. The van der Waals surface area contributed by atoms with E-state index in [9.17, 15) is 14.0 Å². The van der Waals surface area contributed by atoms with Crippen LogP contribution < -0.4 is 5.56 Å². The number of benzene rings is 1. The summed E-state index contributed by atoms with van der Waals surface area (Å²) in [6.07, 6.45) is 5.45. The quantitative estimate of drug-likeness (QED) is 0.453. The summed E-state index contributed by atoms with van der Waals surface area (Å²) in [5, 5.41) is 0.514. The van der Waals surface area contributed by atoms with Gasteiger partial charge in [0.1, 0.15) is 16.4 Å². The van der Waals surface area contributed by atoms with E-state index in [2.05, 4.69) is 9.97 Å². The van der Waals surface area contributed by atoms with E-state index in [0.717, 1.165) is 18.4 Å². The van der Waals surface area contributed by atoms with Crippen LogP contribution in [-0.2, 0) is 13.5 Å². The summed E-state index contributed by atoms with van der Waals surface area (Å²) < 4.78 is 20.6. The molecule has 0 spiro atoms. The zero-order valence-corrected chi connectivity index (χ0v) is 19.2. The van der Waals surface area contributed by atoms with Gasteiger partial charge in [-0.15, -0.1) is 11.3 Å². The Morgan fingerprint density at radius 2 is 2.06 bits per heavy atom. The second kappa shape index (κ2) is 8.55. The predicted molar refractivity (Wildman–Crippen MR) is 123 cm³/mol. The molecule has 1 fully saturated rings. The number of carbonyl (C=O) groups excluding carboxylic acids is 1. The summed E-state index contributed by atoms with van der Waals surface area (Å²) in [6.45, 7) is 2.97. The molecule has 1 atom stereocenters. The molecule has 0 bridgehead atoms. The SMILES string of the molecule is Cc1c(C(=O)N2CCC[C@@H](c3ncc(Cc4ccc(F)cc4)o3)C2)sc2ncn(C)c(=O)c12. The van der Waals surface area contributed by atoms with Gasteiger partial charge in [0.2, 0.25) is 0 Å². The monoisotopic (exact) mass is 466 g/mol. The largest absolute Gasteiger partial charge is 0.445 e. The maximum absolute atomic E-state index is 13.4. The number of carbonyl (C=O) groups is 1. The molecular weight excluding hydrogens is 443 g/mol. The maximum Gasteiger partial charge on any atom is 0.264 e. The number of piperidine rings is 1. The van der Waals surface area contributed by atoms with Gasteiger partial charge in [-0.3, -0.25) is 9.59 Å². The van der Waals surface area contributed by atoms with Crippen molar-refractivity contribution < 1.29 is 13.6 Å². The molecular formula is C24H23FN4O3S. The van der Waals surface area contributed by atoms with E-state index in [1.807, 2.05) is 11.8 Å². The Kier molecular flexibility index (Phi) is 5.57. The van der Waals surface area contributed by atoms with E-state index in [4.69, 9.17) is 4.42 Å². The summed E-state index contributed by atoms with van der Waals surface area (Å²) in [5.41, 5.74) is 1.49. The minimum atomic E-state index is -0.269. The summed E-state index contributed by atoms with van der Waals surface area (Å²) in [5.74, 6) is 0.982. The summed E-state index contributed by atoms with van der Waals surface area (Å²) >= 11 is 1.27. The van der Waals surface area contributed by atoms with Gasteiger partial charge in [-0.2, -0.15) is 0 Å².